The van der Waals surface area contributed by atoms with Crippen LogP contribution < -0.4 is 4.74 Å². The molecule has 1 unspecified atom stereocenters. The van der Waals surface area contributed by atoms with Crippen LogP contribution in [-0.2, 0) is 6.54 Å². The lowest BCUT2D eigenvalue weighted by molar-refractivity contribution is -0.146. The predicted octanol–water partition coefficient (Wildman–Crippen LogP) is 4.21. The third-order valence-electron chi connectivity index (χ3n) is 3.26. The van der Waals surface area contributed by atoms with Gasteiger partial charge in [-0.25, -0.2) is 0 Å². The van der Waals surface area contributed by atoms with Gasteiger partial charge in [-0.3, -0.25) is 0 Å². The van der Waals surface area contributed by atoms with Gasteiger partial charge in [0.1, 0.15) is 5.75 Å². The maximum absolute atomic E-state index is 12.6. The molecule has 0 saturated carbocycles. The van der Waals surface area contributed by atoms with Crippen LogP contribution >= 0.6 is 0 Å². The molecule has 0 fully saturated rings. The van der Waals surface area contributed by atoms with E-state index in [1.807, 2.05) is 24.3 Å². The summed E-state index contributed by atoms with van der Waals surface area (Å²) in [5.74, 6) is -0.715. The summed E-state index contributed by atoms with van der Waals surface area (Å²) < 4.78 is 44.8. The maximum atomic E-state index is 12.6. The summed E-state index contributed by atoms with van der Waals surface area (Å²) in [4.78, 5) is 0. The van der Waals surface area contributed by atoms with Gasteiger partial charge in [-0.1, -0.05) is 12.1 Å². The molecule has 0 N–H and O–H groups in total. The maximum Gasteiger partial charge on any atom is 0.395 e. The molecule has 2 nitrogen and oxygen atoms in total. The van der Waals surface area contributed by atoms with E-state index in [1.54, 1.807) is 17.9 Å². The minimum absolute atomic E-state index is 0.278. The Bertz CT molecular complexity index is 574. The van der Waals surface area contributed by atoms with Gasteiger partial charge in [-0.2, -0.15) is 13.2 Å². The van der Waals surface area contributed by atoms with Crippen molar-refractivity contribution in [2.75, 3.05) is 7.11 Å². The molecule has 0 radical (unpaired) electrons. The lowest BCUT2D eigenvalue weighted by atomic mass is 10.1. The van der Waals surface area contributed by atoms with E-state index in [0.29, 0.717) is 6.54 Å². The average molecular weight is 283 g/mol. The molecular weight excluding hydrogens is 267 g/mol. The molecule has 20 heavy (non-hydrogen) atoms. The van der Waals surface area contributed by atoms with Gasteiger partial charge in [0, 0.05) is 18.9 Å². The largest absolute Gasteiger partial charge is 0.497 e. The summed E-state index contributed by atoms with van der Waals surface area (Å²) in [5, 5.41) is 0. The Morgan fingerprint density at radius 3 is 2.65 bits per heavy atom. The van der Waals surface area contributed by atoms with Gasteiger partial charge < -0.3 is 9.30 Å². The summed E-state index contributed by atoms with van der Waals surface area (Å²) in [6.45, 7) is 1.69. The normalized spacial score (nSPS) is 13.2. The fourth-order valence-electron chi connectivity index (χ4n) is 1.98. The fraction of sp³-hybridized carbons (Fsp3) is 0.333. The molecule has 5 heteroatoms. The van der Waals surface area contributed by atoms with Crippen LogP contribution in [0, 0.1) is 0 Å². The van der Waals surface area contributed by atoms with Crippen molar-refractivity contribution in [1.82, 2.24) is 4.57 Å². The topological polar surface area (TPSA) is 14.2 Å². The summed E-state index contributed by atoms with van der Waals surface area (Å²) >= 11 is 0. The van der Waals surface area contributed by atoms with Crippen LogP contribution in [0.3, 0.4) is 0 Å². The first-order valence-electron chi connectivity index (χ1n) is 6.25. The van der Waals surface area contributed by atoms with Gasteiger partial charge in [0.05, 0.1) is 13.0 Å². The molecule has 1 heterocycles. The molecular formula is C15H16F3NO. The standard InChI is InChI=1S/C15H16F3NO/c1-11(15(16,17)18)13-6-7-19(10-13)9-12-4-3-5-14(8-12)20-2/h3-8,10-11H,9H2,1-2H3. The van der Waals surface area contributed by atoms with Gasteiger partial charge in [0.15, 0.2) is 0 Å². The van der Waals surface area contributed by atoms with E-state index in [1.165, 1.54) is 19.2 Å². The van der Waals surface area contributed by atoms with Gasteiger partial charge in [0.25, 0.3) is 0 Å². The van der Waals surface area contributed by atoms with Crippen LogP contribution in [0.15, 0.2) is 42.7 Å². The molecule has 108 valence electrons. The Morgan fingerprint density at radius 2 is 2.00 bits per heavy atom. The van der Waals surface area contributed by atoms with Gasteiger partial charge in [-0.05, 0) is 36.2 Å². The van der Waals surface area contributed by atoms with Crippen molar-refractivity contribution < 1.29 is 17.9 Å². The second-order valence-electron chi connectivity index (χ2n) is 4.73. The van der Waals surface area contributed by atoms with E-state index in [2.05, 4.69) is 0 Å². The molecule has 2 rings (SSSR count). The highest BCUT2D eigenvalue weighted by atomic mass is 19.4. The fourth-order valence-corrected chi connectivity index (χ4v) is 1.98. The third kappa shape index (κ3) is 3.35. The van der Waals surface area contributed by atoms with Crippen LogP contribution in [0.25, 0.3) is 0 Å². The van der Waals surface area contributed by atoms with Crippen molar-refractivity contribution in [3.63, 3.8) is 0 Å². The molecule has 0 spiro atoms. The molecule has 1 atom stereocenters. The number of alkyl halides is 3. The van der Waals surface area contributed by atoms with Crippen molar-refractivity contribution >= 4 is 0 Å². The first-order valence-corrected chi connectivity index (χ1v) is 6.25. The Kier molecular flexibility index (Phi) is 4.06. The highest BCUT2D eigenvalue weighted by molar-refractivity contribution is 5.29. The molecule has 0 aliphatic rings. The van der Waals surface area contributed by atoms with E-state index in [4.69, 9.17) is 4.74 Å². The summed E-state index contributed by atoms with van der Waals surface area (Å²) in [6.07, 6.45) is -1.00. The zero-order valence-electron chi connectivity index (χ0n) is 11.3. The zero-order chi connectivity index (χ0) is 14.8. The predicted molar refractivity (Wildman–Crippen MR) is 71.0 cm³/mol. The summed E-state index contributed by atoms with van der Waals surface area (Å²) in [6, 6.07) is 8.98. The van der Waals surface area contributed by atoms with E-state index in [9.17, 15) is 13.2 Å². The monoisotopic (exact) mass is 283 g/mol. The first kappa shape index (κ1) is 14.5. The first-order chi connectivity index (χ1) is 9.40. The second-order valence-corrected chi connectivity index (χ2v) is 4.73. The number of hydrogen-bond acceptors (Lipinski definition) is 1. The van der Waals surface area contributed by atoms with Crippen molar-refractivity contribution in [2.45, 2.75) is 25.6 Å². The van der Waals surface area contributed by atoms with Crippen molar-refractivity contribution in [1.29, 1.82) is 0 Å². The lowest BCUT2D eigenvalue weighted by Crippen LogP contribution is -2.17. The number of halogens is 3. The van der Waals surface area contributed by atoms with Crippen LogP contribution in [0.1, 0.15) is 24.0 Å². The van der Waals surface area contributed by atoms with E-state index in [-0.39, 0.29) is 5.56 Å². The Labute approximate surface area is 115 Å². The molecule has 1 aromatic carbocycles. The average Bonchev–Trinajstić information content (AvgIpc) is 2.85. The lowest BCUT2D eigenvalue weighted by Gasteiger charge is -2.13. The number of hydrogen-bond donors (Lipinski definition) is 0. The van der Waals surface area contributed by atoms with Gasteiger partial charge in [-0.15, -0.1) is 0 Å². The molecule has 0 aliphatic heterocycles. The molecule has 2 aromatic rings. The van der Waals surface area contributed by atoms with Crippen molar-refractivity contribution in [3.8, 4) is 5.75 Å². The van der Waals surface area contributed by atoms with Crippen LogP contribution in [-0.4, -0.2) is 17.9 Å². The quantitative estimate of drug-likeness (QED) is 0.819. The number of rotatable bonds is 4. The molecule has 0 amide bonds. The van der Waals surface area contributed by atoms with Gasteiger partial charge in [0.2, 0.25) is 0 Å². The number of ether oxygens (including phenoxy) is 1. The van der Waals surface area contributed by atoms with Crippen molar-refractivity contribution in [3.05, 3.63) is 53.9 Å². The van der Waals surface area contributed by atoms with E-state index < -0.39 is 12.1 Å². The number of benzene rings is 1. The molecule has 0 saturated heterocycles. The minimum atomic E-state index is -4.21. The third-order valence-corrected chi connectivity index (χ3v) is 3.26. The second kappa shape index (κ2) is 5.61. The molecule has 0 aliphatic carbocycles. The molecule has 0 bridgehead atoms. The van der Waals surface area contributed by atoms with Crippen LogP contribution in [0.5, 0.6) is 5.75 Å². The number of methoxy groups -OCH3 is 1. The van der Waals surface area contributed by atoms with E-state index >= 15 is 0 Å². The van der Waals surface area contributed by atoms with Gasteiger partial charge >= 0.3 is 6.18 Å². The smallest absolute Gasteiger partial charge is 0.395 e. The summed E-state index contributed by atoms with van der Waals surface area (Å²) in [5.41, 5.74) is 1.26. The molecule has 1 aromatic heterocycles. The highest BCUT2D eigenvalue weighted by Gasteiger charge is 2.37. The van der Waals surface area contributed by atoms with Crippen molar-refractivity contribution in [2.24, 2.45) is 0 Å². The van der Waals surface area contributed by atoms with Crippen LogP contribution in [0.2, 0.25) is 0 Å². The SMILES string of the molecule is COc1cccc(Cn2ccc(C(C)C(F)(F)F)c2)c1. The Balaban J connectivity index is 2.13. The highest BCUT2D eigenvalue weighted by Crippen LogP contribution is 2.34. The number of nitrogens with zero attached hydrogens (tertiary/aromatic N) is 1. The minimum Gasteiger partial charge on any atom is -0.497 e. The van der Waals surface area contributed by atoms with E-state index in [0.717, 1.165) is 11.3 Å². The Hall–Kier alpha value is -1.91. The zero-order valence-corrected chi connectivity index (χ0v) is 11.3. The number of aromatic nitrogens is 1. The van der Waals surface area contributed by atoms with Crippen LogP contribution in [0.4, 0.5) is 13.2 Å². The summed E-state index contributed by atoms with van der Waals surface area (Å²) in [7, 11) is 1.58. The Morgan fingerprint density at radius 1 is 1.25 bits per heavy atom.